The van der Waals surface area contributed by atoms with Gasteiger partial charge in [0.15, 0.2) is 0 Å². The highest BCUT2D eigenvalue weighted by Gasteiger charge is 2.06. The summed E-state index contributed by atoms with van der Waals surface area (Å²) >= 11 is 3.38. The van der Waals surface area contributed by atoms with Crippen LogP contribution in [0, 0.1) is 6.92 Å². The normalized spacial score (nSPS) is 10.2. The minimum atomic E-state index is 0.318. The van der Waals surface area contributed by atoms with Crippen LogP contribution in [0.25, 0.3) is 11.3 Å². The molecule has 1 aromatic heterocycles. The van der Waals surface area contributed by atoms with E-state index in [4.69, 9.17) is 5.84 Å². The maximum Gasteiger partial charge on any atom is 0.257 e. The molecule has 0 atom stereocenters. The molecule has 0 aliphatic rings. The first-order valence-electron chi connectivity index (χ1n) is 4.64. The van der Waals surface area contributed by atoms with E-state index in [1.807, 2.05) is 31.2 Å². The van der Waals surface area contributed by atoms with Gasteiger partial charge in [-0.15, -0.1) is 10.2 Å². The molecular formula is C10H10BrN5. The number of hydrogen-bond acceptors (Lipinski definition) is 5. The van der Waals surface area contributed by atoms with E-state index in [0.29, 0.717) is 5.95 Å². The second-order valence-corrected chi connectivity index (χ2v) is 4.14. The van der Waals surface area contributed by atoms with Gasteiger partial charge in [-0.2, -0.15) is 0 Å². The number of nitrogens with one attached hydrogen (secondary N) is 1. The van der Waals surface area contributed by atoms with Crippen LogP contribution in [0.15, 0.2) is 28.7 Å². The highest BCUT2D eigenvalue weighted by atomic mass is 79.9. The number of nitrogen functional groups attached to an aromatic ring is 1. The summed E-state index contributed by atoms with van der Waals surface area (Å²) in [6.07, 6.45) is 0. The zero-order valence-corrected chi connectivity index (χ0v) is 10.2. The number of nitrogens with zero attached hydrogens (tertiary/aromatic N) is 3. The third kappa shape index (κ3) is 2.17. The van der Waals surface area contributed by atoms with Crippen molar-refractivity contribution in [3.05, 3.63) is 34.4 Å². The second kappa shape index (κ2) is 4.54. The molecule has 0 bridgehead atoms. The van der Waals surface area contributed by atoms with Gasteiger partial charge in [-0.25, -0.2) is 10.8 Å². The molecule has 1 heterocycles. The fraction of sp³-hybridized carbons (Fsp3) is 0.100. The van der Waals surface area contributed by atoms with Crippen molar-refractivity contribution >= 4 is 21.9 Å². The van der Waals surface area contributed by atoms with Gasteiger partial charge in [-0.3, -0.25) is 5.43 Å². The highest BCUT2D eigenvalue weighted by molar-refractivity contribution is 9.10. The maximum absolute atomic E-state index is 5.21. The van der Waals surface area contributed by atoms with Gasteiger partial charge in [0.05, 0.1) is 5.69 Å². The Bertz CT molecular complexity index is 497. The molecule has 0 saturated heterocycles. The predicted octanol–water partition coefficient (Wildman–Crippen LogP) is 1.90. The van der Waals surface area contributed by atoms with Crippen LogP contribution in [-0.2, 0) is 0 Å². The van der Waals surface area contributed by atoms with Crippen molar-refractivity contribution in [2.75, 3.05) is 5.43 Å². The van der Waals surface area contributed by atoms with Gasteiger partial charge in [0.2, 0.25) is 0 Å². The molecule has 0 fully saturated rings. The fourth-order valence-electron chi connectivity index (χ4n) is 1.34. The van der Waals surface area contributed by atoms with E-state index < -0.39 is 0 Å². The van der Waals surface area contributed by atoms with Crippen molar-refractivity contribution in [1.29, 1.82) is 0 Å². The number of anilines is 1. The van der Waals surface area contributed by atoms with Crippen molar-refractivity contribution < 1.29 is 0 Å². The van der Waals surface area contributed by atoms with Crippen LogP contribution < -0.4 is 11.3 Å². The summed E-state index contributed by atoms with van der Waals surface area (Å²) in [6.45, 7) is 1.87. The van der Waals surface area contributed by atoms with Crippen molar-refractivity contribution in [1.82, 2.24) is 15.2 Å². The van der Waals surface area contributed by atoms with Gasteiger partial charge >= 0.3 is 0 Å². The Balaban J connectivity index is 2.44. The first-order chi connectivity index (χ1) is 7.70. The Kier molecular flexibility index (Phi) is 3.12. The highest BCUT2D eigenvalue weighted by Crippen LogP contribution is 2.21. The molecule has 0 radical (unpaired) electrons. The lowest BCUT2D eigenvalue weighted by Crippen LogP contribution is -2.12. The second-order valence-electron chi connectivity index (χ2n) is 3.22. The summed E-state index contributed by atoms with van der Waals surface area (Å²) in [7, 11) is 0. The van der Waals surface area contributed by atoms with E-state index in [-0.39, 0.29) is 0 Å². The summed E-state index contributed by atoms with van der Waals surface area (Å²) in [5, 5.41) is 7.93. The molecule has 1 aromatic carbocycles. The van der Waals surface area contributed by atoms with Crippen molar-refractivity contribution in [2.45, 2.75) is 6.92 Å². The van der Waals surface area contributed by atoms with E-state index >= 15 is 0 Å². The minimum absolute atomic E-state index is 0.318. The average molecular weight is 280 g/mol. The molecule has 0 spiro atoms. The van der Waals surface area contributed by atoms with Gasteiger partial charge in [0, 0.05) is 10.0 Å². The molecule has 0 amide bonds. The van der Waals surface area contributed by atoms with Gasteiger partial charge in [-0.1, -0.05) is 28.1 Å². The molecule has 2 rings (SSSR count). The van der Waals surface area contributed by atoms with E-state index in [2.05, 4.69) is 36.5 Å². The van der Waals surface area contributed by atoms with Crippen molar-refractivity contribution in [3.63, 3.8) is 0 Å². The minimum Gasteiger partial charge on any atom is -0.291 e. The number of aryl methyl sites for hydroxylation is 1. The largest absolute Gasteiger partial charge is 0.291 e. The van der Waals surface area contributed by atoms with Crippen LogP contribution in [0.2, 0.25) is 0 Å². The first kappa shape index (κ1) is 11.0. The van der Waals surface area contributed by atoms with Crippen molar-refractivity contribution in [3.8, 4) is 11.3 Å². The van der Waals surface area contributed by atoms with Crippen LogP contribution in [0.1, 0.15) is 5.69 Å². The fourth-order valence-corrected chi connectivity index (χ4v) is 1.60. The monoisotopic (exact) mass is 279 g/mol. The molecule has 6 heteroatoms. The number of rotatable bonds is 2. The summed E-state index contributed by atoms with van der Waals surface area (Å²) in [5.74, 6) is 5.52. The van der Waals surface area contributed by atoms with Crippen LogP contribution in [0.5, 0.6) is 0 Å². The number of hydrazine groups is 1. The van der Waals surface area contributed by atoms with Crippen LogP contribution in [-0.4, -0.2) is 15.2 Å². The number of benzene rings is 1. The van der Waals surface area contributed by atoms with Crippen LogP contribution >= 0.6 is 15.9 Å². The number of hydrogen-bond donors (Lipinski definition) is 2. The molecule has 0 aliphatic carbocycles. The van der Waals surface area contributed by atoms with Gasteiger partial charge in [0.1, 0.15) is 5.69 Å². The lowest BCUT2D eigenvalue weighted by Gasteiger charge is -2.04. The topological polar surface area (TPSA) is 76.7 Å². The predicted molar refractivity (Wildman–Crippen MR) is 65.5 cm³/mol. The molecule has 2 aromatic rings. The lowest BCUT2D eigenvalue weighted by molar-refractivity contribution is 0.942. The first-order valence-corrected chi connectivity index (χ1v) is 5.44. The van der Waals surface area contributed by atoms with E-state index in [0.717, 1.165) is 21.4 Å². The van der Waals surface area contributed by atoms with Crippen LogP contribution in [0.3, 0.4) is 0 Å². The standard InChI is InChI=1S/C10H10BrN5/c1-6-9(15-16-10(13-6)14-12)7-2-4-8(11)5-3-7/h2-5H,12H2,1H3,(H,13,14,16). The average Bonchev–Trinajstić information content (AvgIpc) is 2.30. The number of halogens is 1. The quantitative estimate of drug-likeness (QED) is 0.649. The third-order valence-electron chi connectivity index (χ3n) is 2.11. The summed E-state index contributed by atoms with van der Waals surface area (Å²) < 4.78 is 1.02. The SMILES string of the molecule is Cc1nc(NN)nnc1-c1ccc(Br)cc1. The summed E-state index contributed by atoms with van der Waals surface area (Å²) in [4.78, 5) is 4.17. The van der Waals surface area contributed by atoms with E-state index in [1.165, 1.54) is 0 Å². The Morgan fingerprint density at radius 1 is 1.19 bits per heavy atom. The molecule has 5 nitrogen and oxygen atoms in total. The molecule has 3 N–H and O–H groups in total. The maximum atomic E-state index is 5.21. The molecule has 82 valence electrons. The summed E-state index contributed by atoms with van der Waals surface area (Å²) in [6, 6.07) is 7.81. The molecule has 0 aliphatic heterocycles. The van der Waals surface area contributed by atoms with Crippen molar-refractivity contribution in [2.24, 2.45) is 5.84 Å². The Morgan fingerprint density at radius 2 is 1.88 bits per heavy atom. The Hall–Kier alpha value is -1.53. The molecule has 16 heavy (non-hydrogen) atoms. The van der Waals surface area contributed by atoms with Gasteiger partial charge < -0.3 is 0 Å². The third-order valence-corrected chi connectivity index (χ3v) is 2.64. The van der Waals surface area contributed by atoms with Gasteiger partial charge in [0.25, 0.3) is 5.95 Å². The van der Waals surface area contributed by atoms with E-state index in [9.17, 15) is 0 Å². The zero-order valence-electron chi connectivity index (χ0n) is 8.61. The van der Waals surface area contributed by atoms with Gasteiger partial charge in [-0.05, 0) is 19.1 Å². The Labute approximate surface area is 101 Å². The zero-order chi connectivity index (χ0) is 11.5. The van der Waals surface area contributed by atoms with E-state index in [1.54, 1.807) is 0 Å². The van der Waals surface area contributed by atoms with Crippen LogP contribution in [0.4, 0.5) is 5.95 Å². The lowest BCUT2D eigenvalue weighted by atomic mass is 10.1. The molecule has 0 saturated carbocycles. The molecular weight excluding hydrogens is 270 g/mol. The number of aromatic nitrogens is 3. The number of nitrogens with two attached hydrogens (primary N) is 1. The molecule has 0 unspecified atom stereocenters. The summed E-state index contributed by atoms with van der Waals surface area (Å²) in [5.41, 5.74) is 4.88. The smallest absolute Gasteiger partial charge is 0.257 e. The Morgan fingerprint density at radius 3 is 2.44 bits per heavy atom.